The molecule has 1 saturated heterocycles. The van der Waals surface area contributed by atoms with Crippen LogP contribution in [0.25, 0.3) is 0 Å². The molecule has 26 heavy (non-hydrogen) atoms. The Bertz CT molecular complexity index is 501. The maximum atomic E-state index is 10.6. The monoisotopic (exact) mass is 374 g/mol. The van der Waals surface area contributed by atoms with Crippen molar-refractivity contribution in [3.05, 3.63) is 0 Å². The van der Waals surface area contributed by atoms with Crippen LogP contribution in [0.4, 0.5) is 0 Å². The third-order valence-corrected chi connectivity index (χ3v) is 8.46. The minimum absolute atomic E-state index is 0. The molecule has 1 heterocycles. The minimum atomic E-state index is -0.653. The maximum Gasteiger partial charge on any atom is 0.0942 e. The van der Waals surface area contributed by atoms with Gasteiger partial charge in [0.2, 0.25) is 0 Å². The van der Waals surface area contributed by atoms with Crippen LogP contribution in [0.3, 0.4) is 0 Å². The summed E-state index contributed by atoms with van der Waals surface area (Å²) in [5.74, 6) is 0.549. The van der Waals surface area contributed by atoms with Crippen LogP contribution in [0.1, 0.15) is 65.7 Å². The fourth-order valence-electron chi connectivity index (χ4n) is 6.70. The Balaban J connectivity index is 0.00000243. The lowest BCUT2D eigenvalue weighted by atomic mass is 9.43. The molecule has 0 aromatic carbocycles. The van der Waals surface area contributed by atoms with Crippen LogP contribution in [-0.4, -0.2) is 63.0 Å². The first kappa shape index (κ1) is 22.1. The summed E-state index contributed by atoms with van der Waals surface area (Å²) in [5, 5.41) is 40.2. The molecule has 154 valence electrons. The topological polar surface area (TPSA) is 122 Å². The summed E-state index contributed by atoms with van der Waals surface area (Å²) in [6.45, 7) is 6.47. The van der Waals surface area contributed by atoms with Crippen molar-refractivity contribution in [2.45, 2.75) is 83.0 Å². The first-order chi connectivity index (χ1) is 11.7. The second kappa shape index (κ2) is 7.30. The van der Waals surface area contributed by atoms with Gasteiger partial charge in [-0.1, -0.05) is 20.8 Å². The van der Waals surface area contributed by atoms with Gasteiger partial charge in [0, 0.05) is 23.9 Å². The molecule has 1 spiro atoms. The van der Waals surface area contributed by atoms with Crippen molar-refractivity contribution in [2.75, 3.05) is 19.8 Å². The summed E-state index contributed by atoms with van der Waals surface area (Å²) in [6, 6.07) is 0. The van der Waals surface area contributed by atoms with Gasteiger partial charge in [-0.15, -0.1) is 0 Å². The van der Waals surface area contributed by atoms with Gasteiger partial charge >= 0.3 is 0 Å². The summed E-state index contributed by atoms with van der Waals surface area (Å²) in [6.07, 6.45) is 5.15. The molecular formula is C20H38O6. The number of hydrogen-bond acceptors (Lipinski definition) is 5. The van der Waals surface area contributed by atoms with Crippen LogP contribution < -0.4 is 0 Å². The first-order valence-electron chi connectivity index (χ1n) is 9.94. The molecule has 3 rings (SSSR count). The average Bonchev–Trinajstić information content (AvgIpc) is 2.99. The number of ether oxygens (including phenoxy) is 1. The zero-order valence-electron chi connectivity index (χ0n) is 16.5. The van der Waals surface area contributed by atoms with Crippen molar-refractivity contribution in [3.63, 3.8) is 0 Å². The normalized spacial score (nSPS) is 51.1. The Morgan fingerprint density at radius 2 is 1.65 bits per heavy atom. The molecule has 3 fully saturated rings. The van der Waals surface area contributed by atoms with Gasteiger partial charge in [0.25, 0.3) is 0 Å². The van der Waals surface area contributed by atoms with Crippen LogP contribution in [0, 0.1) is 22.7 Å². The Labute approximate surface area is 156 Å². The molecule has 2 aliphatic carbocycles. The molecule has 1 unspecified atom stereocenters. The van der Waals surface area contributed by atoms with Crippen LogP contribution in [0.5, 0.6) is 0 Å². The highest BCUT2D eigenvalue weighted by molar-refractivity contribution is 5.17. The SMILES string of the molecule is C[C@H]1CC[C@@H]2[C@](C)(CO)[C@@H](O)CC[C@]2(C)[C@]12CCC(CO)(CCO)O2.O. The number of fused-ring (bicyclic) bond motifs is 2. The van der Waals surface area contributed by atoms with E-state index in [1.165, 1.54) is 0 Å². The highest BCUT2D eigenvalue weighted by atomic mass is 16.5. The molecule has 6 heteroatoms. The Hall–Kier alpha value is -0.240. The second-order valence-corrected chi connectivity index (χ2v) is 9.47. The number of aliphatic hydroxyl groups excluding tert-OH is 4. The number of rotatable bonds is 4. The Kier molecular flexibility index (Phi) is 6.19. The molecule has 0 aromatic heterocycles. The van der Waals surface area contributed by atoms with Crippen LogP contribution in [-0.2, 0) is 4.74 Å². The minimum Gasteiger partial charge on any atom is -0.412 e. The highest BCUT2D eigenvalue weighted by Gasteiger charge is 2.68. The van der Waals surface area contributed by atoms with Gasteiger partial charge in [-0.3, -0.25) is 0 Å². The van der Waals surface area contributed by atoms with Gasteiger partial charge in [-0.25, -0.2) is 0 Å². The molecule has 0 radical (unpaired) electrons. The standard InChI is InChI=1S/C20H36O5.H2O/c1-14-4-5-15-17(2,12-22)16(24)6-7-18(15,3)20(14)9-8-19(13-23,25-20)10-11-21;/h14-16,21-24H,4-13H2,1-3H3;1H2/t14-,15+,16-,17-,18-,19?,20-;/m0./s1. The number of aliphatic hydroxyl groups is 4. The van der Waals surface area contributed by atoms with Gasteiger partial charge in [0.05, 0.1) is 30.5 Å². The smallest absolute Gasteiger partial charge is 0.0942 e. The van der Waals surface area contributed by atoms with Crippen molar-refractivity contribution in [1.29, 1.82) is 0 Å². The average molecular weight is 375 g/mol. The lowest BCUT2D eigenvalue weighted by Crippen LogP contribution is -2.66. The van der Waals surface area contributed by atoms with Gasteiger partial charge < -0.3 is 30.6 Å². The van der Waals surface area contributed by atoms with E-state index in [0.29, 0.717) is 18.8 Å². The molecule has 0 amide bonds. The molecule has 6 N–H and O–H groups in total. The van der Waals surface area contributed by atoms with E-state index in [9.17, 15) is 20.4 Å². The van der Waals surface area contributed by atoms with Crippen molar-refractivity contribution >= 4 is 0 Å². The van der Waals surface area contributed by atoms with Crippen molar-refractivity contribution in [2.24, 2.45) is 22.7 Å². The maximum absolute atomic E-state index is 10.6. The lowest BCUT2D eigenvalue weighted by molar-refractivity contribution is -0.272. The van der Waals surface area contributed by atoms with Crippen molar-refractivity contribution in [1.82, 2.24) is 0 Å². The molecular weight excluding hydrogens is 336 g/mol. The van der Waals surface area contributed by atoms with Crippen LogP contribution in [0.2, 0.25) is 0 Å². The van der Waals surface area contributed by atoms with Crippen LogP contribution in [0.15, 0.2) is 0 Å². The van der Waals surface area contributed by atoms with E-state index in [2.05, 4.69) is 13.8 Å². The largest absolute Gasteiger partial charge is 0.412 e. The zero-order chi connectivity index (χ0) is 18.5. The van der Waals surface area contributed by atoms with E-state index in [1.807, 2.05) is 6.92 Å². The Morgan fingerprint density at radius 3 is 2.23 bits per heavy atom. The van der Waals surface area contributed by atoms with E-state index < -0.39 is 17.1 Å². The van der Waals surface area contributed by atoms with E-state index in [4.69, 9.17) is 4.74 Å². The van der Waals surface area contributed by atoms with E-state index in [-0.39, 0.29) is 42.2 Å². The molecule has 2 saturated carbocycles. The third kappa shape index (κ3) is 2.76. The molecule has 1 aliphatic heterocycles. The molecule has 3 aliphatic rings. The predicted octanol–water partition coefficient (Wildman–Crippen LogP) is 1.03. The van der Waals surface area contributed by atoms with Crippen molar-refractivity contribution in [3.8, 4) is 0 Å². The fourth-order valence-corrected chi connectivity index (χ4v) is 6.70. The molecule has 7 atom stereocenters. The number of hydrogen-bond donors (Lipinski definition) is 4. The second-order valence-electron chi connectivity index (χ2n) is 9.47. The lowest BCUT2D eigenvalue weighted by Gasteiger charge is -2.65. The summed E-state index contributed by atoms with van der Waals surface area (Å²) < 4.78 is 6.75. The predicted molar refractivity (Wildman–Crippen MR) is 98.6 cm³/mol. The summed E-state index contributed by atoms with van der Waals surface area (Å²) in [7, 11) is 0. The first-order valence-corrected chi connectivity index (χ1v) is 9.94. The highest BCUT2D eigenvalue weighted by Crippen LogP contribution is 2.67. The van der Waals surface area contributed by atoms with Gasteiger partial charge in [0.1, 0.15) is 0 Å². The summed E-state index contributed by atoms with van der Waals surface area (Å²) in [4.78, 5) is 0. The van der Waals surface area contributed by atoms with Gasteiger partial charge in [0.15, 0.2) is 0 Å². The fraction of sp³-hybridized carbons (Fsp3) is 1.00. The van der Waals surface area contributed by atoms with Gasteiger partial charge in [-0.05, 0) is 50.4 Å². The molecule has 6 nitrogen and oxygen atoms in total. The zero-order valence-corrected chi connectivity index (χ0v) is 16.5. The third-order valence-electron chi connectivity index (χ3n) is 8.46. The molecule has 0 bridgehead atoms. The summed E-state index contributed by atoms with van der Waals surface area (Å²) >= 11 is 0. The van der Waals surface area contributed by atoms with E-state index in [1.54, 1.807) is 0 Å². The summed E-state index contributed by atoms with van der Waals surface area (Å²) in [5.41, 5.74) is -1.66. The Morgan fingerprint density at radius 1 is 0.962 bits per heavy atom. The quantitative estimate of drug-likeness (QED) is 0.585. The van der Waals surface area contributed by atoms with Crippen LogP contribution >= 0.6 is 0 Å². The van der Waals surface area contributed by atoms with Gasteiger partial charge in [-0.2, -0.15) is 0 Å². The van der Waals surface area contributed by atoms with Crippen molar-refractivity contribution < 1.29 is 30.6 Å². The molecule has 0 aromatic rings. The van der Waals surface area contributed by atoms with E-state index in [0.717, 1.165) is 32.1 Å². The van der Waals surface area contributed by atoms with E-state index >= 15 is 0 Å².